The van der Waals surface area contributed by atoms with Gasteiger partial charge in [-0.15, -0.1) is 0 Å². The zero-order valence-corrected chi connectivity index (χ0v) is 14.2. The summed E-state index contributed by atoms with van der Waals surface area (Å²) >= 11 is 3.08. The van der Waals surface area contributed by atoms with Gasteiger partial charge in [-0.05, 0) is 52.9 Å². The average Bonchev–Trinajstić information content (AvgIpc) is 3.25. The third kappa shape index (κ3) is 4.07. The van der Waals surface area contributed by atoms with E-state index >= 15 is 0 Å². The summed E-state index contributed by atoms with van der Waals surface area (Å²) in [5, 5.41) is 13.2. The van der Waals surface area contributed by atoms with Crippen LogP contribution in [0.2, 0.25) is 0 Å². The van der Waals surface area contributed by atoms with Crippen LogP contribution in [0.5, 0.6) is 0 Å². The highest BCUT2D eigenvalue weighted by Gasteiger charge is 2.25. The number of aliphatic imine (C=N–C) groups is 1. The summed E-state index contributed by atoms with van der Waals surface area (Å²) in [4.78, 5) is 16.2. The first-order chi connectivity index (χ1) is 11.6. The molecule has 1 aliphatic rings. The van der Waals surface area contributed by atoms with Crippen molar-refractivity contribution in [2.75, 3.05) is 0 Å². The number of hydroxylamine groups is 1. The number of nitrogens with one attached hydrogen (secondary N) is 1. The van der Waals surface area contributed by atoms with Gasteiger partial charge in [0.1, 0.15) is 17.9 Å². The van der Waals surface area contributed by atoms with Crippen LogP contribution in [-0.4, -0.2) is 22.0 Å². The van der Waals surface area contributed by atoms with Gasteiger partial charge in [0.25, 0.3) is 0 Å². The molecule has 1 saturated carbocycles. The highest BCUT2D eigenvalue weighted by atomic mass is 79.9. The fraction of sp³-hybridized carbons (Fsp3) is 0.312. The third-order valence-corrected chi connectivity index (χ3v) is 4.33. The van der Waals surface area contributed by atoms with E-state index in [0.29, 0.717) is 23.6 Å². The molecule has 0 saturated heterocycles. The fourth-order valence-electron chi connectivity index (χ4n) is 2.32. The van der Waals surface area contributed by atoms with Gasteiger partial charge in [0.15, 0.2) is 11.5 Å². The molecule has 24 heavy (non-hydrogen) atoms. The van der Waals surface area contributed by atoms with E-state index in [4.69, 9.17) is 4.52 Å². The van der Waals surface area contributed by atoms with Gasteiger partial charge in [-0.25, -0.2) is 9.38 Å². The smallest absolute Gasteiger partial charge is 0.180 e. The molecule has 8 heteroatoms. The Hall–Kier alpha value is -2.06. The second-order valence-corrected chi connectivity index (χ2v) is 6.58. The molecule has 6 nitrogen and oxygen atoms in total. The molecule has 0 unspecified atom stereocenters. The number of Topliss-reactive ketones (excluding diaryl/α,β-unsaturated/α-hetero) is 1. The van der Waals surface area contributed by atoms with Gasteiger partial charge in [0, 0.05) is 18.4 Å². The Bertz CT molecular complexity index is 787. The molecule has 0 atom stereocenters. The minimum atomic E-state index is -0.416. The number of aromatic nitrogens is 1. The van der Waals surface area contributed by atoms with Crippen molar-refractivity contribution in [3.63, 3.8) is 0 Å². The highest BCUT2D eigenvalue weighted by Crippen LogP contribution is 2.33. The second kappa shape index (κ2) is 7.23. The average molecular weight is 396 g/mol. The van der Waals surface area contributed by atoms with Crippen molar-refractivity contribution < 1.29 is 18.9 Å². The van der Waals surface area contributed by atoms with Crippen molar-refractivity contribution >= 4 is 33.2 Å². The summed E-state index contributed by atoms with van der Waals surface area (Å²) < 4.78 is 18.5. The van der Waals surface area contributed by atoms with Crippen LogP contribution in [0.15, 0.2) is 38.5 Å². The Kier molecular flexibility index (Phi) is 5.06. The number of benzene rings is 1. The third-order valence-electron chi connectivity index (χ3n) is 3.72. The van der Waals surface area contributed by atoms with E-state index in [2.05, 4.69) is 26.1 Å². The highest BCUT2D eigenvalue weighted by molar-refractivity contribution is 9.10. The normalized spacial score (nSPS) is 14.7. The largest absolute Gasteiger partial charge is 0.364 e. The number of amidine groups is 1. The number of carbonyl (C=O) groups excluding carboxylic acids is 1. The molecule has 2 aromatic rings. The molecule has 0 radical (unpaired) electrons. The van der Waals surface area contributed by atoms with Crippen LogP contribution < -0.4 is 5.48 Å². The van der Waals surface area contributed by atoms with Gasteiger partial charge >= 0.3 is 0 Å². The minimum absolute atomic E-state index is 0.0245. The van der Waals surface area contributed by atoms with Crippen molar-refractivity contribution in [3.05, 3.63) is 46.0 Å². The lowest BCUT2D eigenvalue weighted by atomic mass is 10.1. The molecular weight excluding hydrogens is 381 g/mol. The first-order valence-electron chi connectivity index (χ1n) is 7.46. The Balaban J connectivity index is 1.82. The van der Waals surface area contributed by atoms with Gasteiger partial charge in [0.05, 0.1) is 10.2 Å². The number of hydrogen-bond acceptors (Lipinski definition) is 5. The molecule has 1 heterocycles. The quantitative estimate of drug-likeness (QED) is 0.443. The maximum atomic E-state index is 13.3. The standard InChI is InChI=1S/C16H15BrFN3O3/c17-13-7-11(3-4-14(13)18)19-16(20-23)15-10(8-24-21-15)6-12(22)5-9-1-2-9/h3-4,7-9,23H,1-2,5-6H2,(H,19,20). The molecule has 0 amide bonds. The molecule has 1 aliphatic carbocycles. The van der Waals surface area contributed by atoms with Crippen LogP contribution in [0.1, 0.15) is 30.5 Å². The van der Waals surface area contributed by atoms with Gasteiger partial charge in [-0.1, -0.05) is 5.16 Å². The van der Waals surface area contributed by atoms with E-state index in [1.165, 1.54) is 24.5 Å². The maximum Gasteiger partial charge on any atom is 0.180 e. The van der Waals surface area contributed by atoms with Crippen molar-refractivity contribution in [1.29, 1.82) is 0 Å². The van der Waals surface area contributed by atoms with Crippen LogP contribution in [0.4, 0.5) is 10.1 Å². The lowest BCUT2D eigenvalue weighted by Gasteiger charge is -2.05. The Morgan fingerprint density at radius 3 is 2.96 bits per heavy atom. The molecule has 3 rings (SSSR count). The second-order valence-electron chi connectivity index (χ2n) is 5.72. The van der Waals surface area contributed by atoms with Gasteiger partial charge < -0.3 is 4.52 Å². The van der Waals surface area contributed by atoms with E-state index < -0.39 is 5.82 Å². The lowest BCUT2D eigenvalue weighted by Crippen LogP contribution is -2.22. The fourth-order valence-corrected chi connectivity index (χ4v) is 2.69. The predicted molar refractivity (Wildman–Crippen MR) is 87.8 cm³/mol. The van der Waals surface area contributed by atoms with E-state index in [-0.39, 0.29) is 28.2 Å². The number of ketones is 1. The maximum absolute atomic E-state index is 13.3. The number of carbonyl (C=O) groups is 1. The molecule has 0 spiro atoms. The zero-order chi connectivity index (χ0) is 17.1. The monoisotopic (exact) mass is 395 g/mol. The van der Waals surface area contributed by atoms with Crippen molar-refractivity contribution in [3.8, 4) is 0 Å². The summed E-state index contributed by atoms with van der Waals surface area (Å²) in [7, 11) is 0. The first-order valence-corrected chi connectivity index (χ1v) is 8.25. The van der Waals surface area contributed by atoms with Crippen molar-refractivity contribution in [2.45, 2.75) is 25.7 Å². The zero-order valence-electron chi connectivity index (χ0n) is 12.6. The molecule has 1 aromatic carbocycles. The van der Waals surface area contributed by atoms with E-state index in [9.17, 15) is 14.4 Å². The molecular formula is C16H15BrFN3O3. The van der Waals surface area contributed by atoms with Crippen LogP contribution >= 0.6 is 15.9 Å². The van der Waals surface area contributed by atoms with E-state index in [1.807, 2.05) is 5.48 Å². The van der Waals surface area contributed by atoms with Gasteiger partial charge in [-0.2, -0.15) is 0 Å². The number of hydrogen-bond donors (Lipinski definition) is 2. The molecule has 1 fully saturated rings. The molecule has 0 bridgehead atoms. The van der Waals surface area contributed by atoms with Crippen LogP contribution in [-0.2, 0) is 11.2 Å². The van der Waals surface area contributed by atoms with Crippen LogP contribution in [0, 0.1) is 11.7 Å². The predicted octanol–water partition coefficient (Wildman–Crippen LogP) is 3.55. The number of nitrogens with zero attached hydrogens (tertiary/aromatic N) is 2. The molecule has 0 aliphatic heterocycles. The summed E-state index contributed by atoms with van der Waals surface area (Å²) in [6, 6.07) is 4.17. The SMILES string of the molecule is O=C(Cc1conc1C(=Nc1ccc(F)c(Br)c1)NO)CC1CC1. The Labute approximate surface area is 145 Å². The van der Waals surface area contributed by atoms with Crippen molar-refractivity contribution in [2.24, 2.45) is 10.9 Å². The van der Waals surface area contributed by atoms with Crippen LogP contribution in [0.25, 0.3) is 0 Å². The topological polar surface area (TPSA) is 87.7 Å². The summed E-state index contributed by atoms with van der Waals surface area (Å²) in [6.07, 6.45) is 4.30. The lowest BCUT2D eigenvalue weighted by molar-refractivity contribution is -0.118. The molecule has 126 valence electrons. The Morgan fingerprint density at radius 2 is 2.29 bits per heavy atom. The summed E-state index contributed by atoms with van der Waals surface area (Å²) in [5.74, 6) is 0.210. The summed E-state index contributed by atoms with van der Waals surface area (Å²) in [6.45, 7) is 0. The van der Waals surface area contributed by atoms with Gasteiger partial charge in [-0.3, -0.25) is 15.5 Å². The van der Waals surface area contributed by atoms with Crippen LogP contribution in [0.3, 0.4) is 0 Å². The first kappa shape index (κ1) is 16.8. The van der Waals surface area contributed by atoms with Crippen molar-refractivity contribution in [1.82, 2.24) is 10.6 Å². The Morgan fingerprint density at radius 1 is 1.50 bits per heavy atom. The number of halogens is 2. The molecule has 1 aromatic heterocycles. The van der Waals surface area contributed by atoms with E-state index in [1.54, 1.807) is 0 Å². The minimum Gasteiger partial charge on any atom is -0.364 e. The van der Waals surface area contributed by atoms with E-state index in [0.717, 1.165) is 12.8 Å². The number of rotatable bonds is 6. The molecule has 2 N–H and O–H groups in total. The summed E-state index contributed by atoms with van der Waals surface area (Å²) in [5.41, 5.74) is 3.16. The van der Waals surface area contributed by atoms with Gasteiger partial charge in [0.2, 0.25) is 0 Å².